The van der Waals surface area contributed by atoms with Gasteiger partial charge in [-0.25, -0.2) is 9.59 Å². The van der Waals surface area contributed by atoms with Gasteiger partial charge in [0.2, 0.25) is 5.91 Å². The molecule has 0 saturated carbocycles. The molecule has 0 aromatic heterocycles. The molecule has 2 aromatic rings. The third-order valence-corrected chi connectivity index (χ3v) is 6.32. The number of nitrogens with zero attached hydrogens (tertiary/aromatic N) is 1. The summed E-state index contributed by atoms with van der Waals surface area (Å²) in [6.07, 6.45) is 2.17. The number of carboxylic acids is 1. The zero-order valence-corrected chi connectivity index (χ0v) is 18.6. The minimum absolute atomic E-state index is 0.0961. The number of hydrogen-bond donors (Lipinski definition) is 2. The van der Waals surface area contributed by atoms with Crippen LogP contribution in [0.3, 0.4) is 0 Å². The van der Waals surface area contributed by atoms with E-state index in [1.54, 1.807) is 0 Å². The molecule has 0 unspecified atom stereocenters. The van der Waals surface area contributed by atoms with E-state index in [0.717, 1.165) is 18.4 Å². The van der Waals surface area contributed by atoms with E-state index in [0.29, 0.717) is 24.5 Å². The SMILES string of the molecule is O=C(N[C@@H](CCCCc1ccccc1)C(=O)N1CSC[C@H]1C(=O)O)OCc1ccccc1. The average Bonchev–Trinajstić information content (AvgIpc) is 3.31. The summed E-state index contributed by atoms with van der Waals surface area (Å²) in [4.78, 5) is 38.4. The minimum atomic E-state index is -1.03. The highest BCUT2D eigenvalue weighted by molar-refractivity contribution is 7.99. The smallest absolute Gasteiger partial charge is 0.408 e. The molecule has 0 aliphatic carbocycles. The first-order valence-corrected chi connectivity index (χ1v) is 11.8. The summed E-state index contributed by atoms with van der Waals surface area (Å²) in [6, 6.07) is 17.6. The number of amides is 2. The lowest BCUT2D eigenvalue weighted by Gasteiger charge is -2.26. The molecule has 1 aliphatic rings. The molecular formula is C24H28N2O5S. The van der Waals surface area contributed by atoms with Crippen LogP contribution in [0.15, 0.2) is 60.7 Å². The normalized spacial score (nSPS) is 16.4. The van der Waals surface area contributed by atoms with Gasteiger partial charge in [0.1, 0.15) is 18.7 Å². The second-order valence-electron chi connectivity index (χ2n) is 7.65. The molecule has 0 radical (unpaired) electrons. The third kappa shape index (κ3) is 7.02. The lowest BCUT2D eigenvalue weighted by atomic mass is 10.0. The van der Waals surface area contributed by atoms with Crippen LogP contribution in [0.2, 0.25) is 0 Å². The summed E-state index contributed by atoms with van der Waals surface area (Å²) >= 11 is 1.40. The van der Waals surface area contributed by atoms with Crippen molar-refractivity contribution < 1.29 is 24.2 Å². The van der Waals surface area contributed by atoms with Crippen LogP contribution in [-0.4, -0.2) is 51.7 Å². The van der Waals surface area contributed by atoms with Crippen LogP contribution >= 0.6 is 11.8 Å². The van der Waals surface area contributed by atoms with Gasteiger partial charge in [0.15, 0.2) is 0 Å². The van der Waals surface area contributed by atoms with E-state index in [-0.39, 0.29) is 12.5 Å². The molecule has 1 heterocycles. The van der Waals surface area contributed by atoms with E-state index in [1.807, 2.05) is 48.5 Å². The van der Waals surface area contributed by atoms with Crippen LogP contribution in [-0.2, 0) is 27.4 Å². The lowest BCUT2D eigenvalue weighted by Crippen LogP contribution is -2.52. The maximum absolute atomic E-state index is 13.1. The summed E-state index contributed by atoms with van der Waals surface area (Å²) in [5.41, 5.74) is 2.06. The number of nitrogens with one attached hydrogen (secondary N) is 1. The van der Waals surface area contributed by atoms with Crippen molar-refractivity contribution in [3.8, 4) is 0 Å². The molecular weight excluding hydrogens is 428 g/mol. The van der Waals surface area contributed by atoms with Gasteiger partial charge in [-0.2, -0.15) is 0 Å². The van der Waals surface area contributed by atoms with E-state index in [2.05, 4.69) is 17.4 Å². The van der Waals surface area contributed by atoms with Gasteiger partial charge in [0.25, 0.3) is 0 Å². The summed E-state index contributed by atoms with van der Waals surface area (Å²) in [5.74, 6) is -0.756. The molecule has 2 aromatic carbocycles. The van der Waals surface area contributed by atoms with Gasteiger partial charge in [0, 0.05) is 5.75 Å². The Bertz CT molecular complexity index is 894. The van der Waals surface area contributed by atoms with E-state index >= 15 is 0 Å². The highest BCUT2D eigenvalue weighted by atomic mass is 32.2. The van der Waals surface area contributed by atoms with Crippen LogP contribution in [0.1, 0.15) is 30.4 Å². The monoisotopic (exact) mass is 456 g/mol. The van der Waals surface area contributed by atoms with Crippen molar-refractivity contribution in [1.82, 2.24) is 10.2 Å². The number of unbranched alkanes of at least 4 members (excludes halogenated alkanes) is 1. The third-order valence-electron chi connectivity index (χ3n) is 5.30. The van der Waals surface area contributed by atoms with Gasteiger partial charge >= 0.3 is 12.1 Å². The van der Waals surface area contributed by atoms with Crippen molar-refractivity contribution >= 4 is 29.7 Å². The van der Waals surface area contributed by atoms with Gasteiger partial charge < -0.3 is 20.1 Å². The fourth-order valence-corrected chi connectivity index (χ4v) is 4.71. The van der Waals surface area contributed by atoms with E-state index in [4.69, 9.17) is 4.74 Å². The Hall–Kier alpha value is -3.00. The molecule has 2 atom stereocenters. The van der Waals surface area contributed by atoms with Gasteiger partial charge in [-0.05, 0) is 30.4 Å². The number of rotatable bonds is 10. The summed E-state index contributed by atoms with van der Waals surface area (Å²) in [5, 5.41) is 12.1. The van der Waals surface area contributed by atoms with E-state index in [9.17, 15) is 19.5 Å². The Morgan fingerprint density at radius 1 is 1.03 bits per heavy atom. The Balaban J connectivity index is 1.58. The van der Waals surface area contributed by atoms with Gasteiger partial charge in [-0.1, -0.05) is 67.1 Å². The quantitative estimate of drug-likeness (QED) is 0.530. The maximum Gasteiger partial charge on any atom is 0.408 e. The Morgan fingerprint density at radius 2 is 1.69 bits per heavy atom. The van der Waals surface area contributed by atoms with Crippen LogP contribution in [0.4, 0.5) is 4.79 Å². The van der Waals surface area contributed by atoms with Crippen molar-refractivity contribution in [2.24, 2.45) is 0 Å². The number of carbonyl (C=O) groups is 3. The number of carbonyl (C=O) groups excluding carboxylic acids is 2. The predicted molar refractivity (Wildman–Crippen MR) is 123 cm³/mol. The fraction of sp³-hybridized carbons (Fsp3) is 0.375. The zero-order chi connectivity index (χ0) is 22.8. The van der Waals surface area contributed by atoms with E-state index in [1.165, 1.54) is 22.2 Å². The summed E-state index contributed by atoms with van der Waals surface area (Å²) in [7, 11) is 0. The average molecular weight is 457 g/mol. The number of ether oxygens (including phenoxy) is 1. The van der Waals surface area contributed by atoms with Crippen LogP contribution < -0.4 is 5.32 Å². The van der Waals surface area contributed by atoms with Crippen LogP contribution in [0.25, 0.3) is 0 Å². The molecule has 1 aliphatic heterocycles. The first kappa shape index (κ1) is 23.7. The largest absolute Gasteiger partial charge is 0.480 e. The first-order valence-electron chi connectivity index (χ1n) is 10.7. The molecule has 2 amide bonds. The van der Waals surface area contributed by atoms with Crippen molar-refractivity contribution in [1.29, 1.82) is 0 Å². The lowest BCUT2D eigenvalue weighted by molar-refractivity contribution is -0.148. The minimum Gasteiger partial charge on any atom is -0.480 e. The van der Waals surface area contributed by atoms with E-state index < -0.39 is 24.1 Å². The maximum atomic E-state index is 13.1. The van der Waals surface area contributed by atoms with Crippen LogP contribution in [0.5, 0.6) is 0 Å². The number of carboxylic acid groups (broad SMARTS) is 1. The number of aliphatic carboxylic acids is 1. The molecule has 8 heteroatoms. The van der Waals surface area contributed by atoms with Crippen molar-refractivity contribution in [3.05, 3.63) is 71.8 Å². The predicted octanol–water partition coefficient (Wildman–Crippen LogP) is 3.68. The molecule has 0 spiro atoms. The molecule has 32 heavy (non-hydrogen) atoms. The van der Waals surface area contributed by atoms with Crippen molar-refractivity contribution in [3.63, 3.8) is 0 Å². The molecule has 7 nitrogen and oxygen atoms in total. The molecule has 1 fully saturated rings. The molecule has 1 saturated heterocycles. The highest BCUT2D eigenvalue weighted by Crippen LogP contribution is 2.23. The molecule has 0 bridgehead atoms. The number of alkyl carbamates (subject to hydrolysis) is 1. The molecule has 170 valence electrons. The second-order valence-corrected chi connectivity index (χ2v) is 8.65. The standard InChI is InChI=1S/C24H28N2O5S/c27-22(26-17-32-16-21(26)23(28)29)20(14-8-7-11-18-9-3-1-4-10-18)25-24(30)31-15-19-12-5-2-6-13-19/h1-6,9-10,12-13,20-21H,7-8,11,14-17H2,(H,25,30)(H,28,29)/t20-,21-/m0/s1. The highest BCUT2D eigenvalue weighted by Gasteiger charge is 2.38. The molecule has 3 rings (SSSR count). The van der Waals surface area contributed by atoms with Gasteiger partial charge in [-0.3, -0.25) is 4.79 Å². The van der Waals surface area contributed by atoms with Crippen molar-refractivity contribution in [2.75, 3.05) is 11.6 Å². The number of benzene rings is 2. The Morgan fingerprint density at radius 3 is 2.34 bits per heavy atom. The number of aryl methyl sites for hydroxylation is 1. The molecule has 2 N–H and O–H groups in total. The van der Waals surface area contributed by atoms with Gasteiger partial charge in [-0.15, -0.1) is 11.8 Å². The topological polar surface area (TPSA) is 95.9 Å². The van der Waals surface area contributed by atoms with Crippen molar-refractivity contribution in [2.45, 2.75) is 44.4 Å². The zero-order valence-electron chi connectivity index (χ0n) is 17.8. The first-order chi connectivity index (χ1) is 15.5. The van der Waals surface area contributed by atoms with Gasteiger partial charge in [0.05, 0.1) is 5.88 Å². The Labute approximate surface area is 192 Å². The number of hydrogen-bond acceptors (Lipinski definition) is 5. The summed E-state index contributed by atoms with van der Waals surface area (Å²) in [6.45, 7) is 0.0961. The second kappa shape index (κ2) is 12.1. The Kier molecular flexibility index (Phi) is 8.98. The summed E-state index contributed by atoms with van der Waals surface area (Å²) < 4.78 is 5.28. The van der Waals surface area contributed by atoms with Crippen LogP contribution in [0, 0.1) is 0 Å². The number of thioether (sulfide) groups is 1. The fourth-order valence-electron chi connectivity index (χ4n) is 3.55.